The van der Waals surface area contributed by atoms with Crippen LogP contribution >= 0.6 is 0 Å². The molecule has 0 spiro atoms. The summed E-state index contributed by atoms with van der Waals surface area (Å²) >= 11 is 0. The van der Waals surface area contributed by atoms with Crippen LogP contribution in [-0.2, 0) is 11.2 Å². The van der Waals surface area contributed by atoms with E-state index in [0.29, 0.717) is 31.5 Å². The lowest BCUT2D eigenvalue weighted by Crippen LogP contribution is -2.45. The average Bonchev–Trinajstić information content (AvgIpc) is 2.77. The first-order valence-corrected chi connectivity index (χ1v) is 10.5. The fraction of sp³-hybridized carbons (Fsp3) is 0.417. The molecule has 0 saturated carbocycles. The third kappa shape index (κ3) is 8.08. The van der Waals surface area contributed by atoms with Crippen molar-refractivity contribution in [1.82, 2.24) is 15.5 Å². The minimum Gasteiger partial charge on any atom is -0.355 e. The van der Waals surface area contributed by atoms with Gasteiger partial charge in [-0.1, -0.05) is 62.4 Å². The monoisotopic (exact) mass is 395 g/mol. The average molecular weight is 396 g/mol. The van der Waals surface area contributed by atoms with Crippen LogP contribution in [0.4, 0.5) is 0 Å². The predicted octanol–water partition coefficient (Wildman–Crippen LogP) is 3.27. The summed E-state index contributed by atoms with van der Waals surface area (Å²) in [7, 11) is 0. The Morgan fingerprint density at radius 2 is 1.52 bits per heavy atom. The van der Waals surface area contributed by atoms with Crippen molar-refractivity contribution in [2.24, 2.45) is 0 Å². The molecule has 0 aliphatic rings. The van der Waals surface area contributed by atoms with Gasteiger partial charge >= 0.3 is 0 Å². The highest BCUT2D eigenvalue weighted by molar-refractivity contribution is 5.94. The van der Waals surface area contributed by atoms with Gasteiger partial charge in [-0.15, -0.1) is 0 Å². The van der Waals surface area contributed by atoms with Gasteiger partial charge in [0.05, 0.1) is 0 Å². The molecule has 0 radical (unpaired) electrons. The van der Waals surface area contributed by atoms with Gasteiger partial charge in [-0.2, -0.15) is 0 Å². The minimum absolute atomic E-state index is 0.0316. The Balaban J connectivity index is 1.73. The zero-order valence-corrected chi connectivity index (χ0v) is 17.6. The Bertz CT molecular complexity index is 730. The third-order valence-electron chi connectivity index (χ3n) is 5.08. The summed E-state index contributed by atoms with van der Waals surface area (Å²) in [6.45, 7) is 7.33. The molecule has 1 unspecified atom stereocenters. The fourth-order valence-electron chi connectivity index (χ4n) is 3.42. The van der Waals surface area contributed by atoms with Crippen LogP contribution in [0.3, 0.4) is 0 Å². The first kappa shape index (κ1) is 22.6. The highest BCUT2D eigenvalue weighted by atomic mass is 16.2. The smallest absolute Gasteiger partial charge is 0.251 e. The third-order valence-corrected chi connectivity index (χ3v) is 5.08. The highest BCUT2D eigenvalue weighted by Crippen LogP contribution is 2.09. The molecule has 156 valence electrons. The van der Waals surface area contributed by atoms with Gasteiger partial charge in [-0.25, -0.2) is 0 Å². The first-order chi connectivity index (χ1) is 14.1. The van der Waals surface area contributed by atoms with Crippen molar-refractivity contribution in [2.45, 2.75) is 39.2 Å². The molecule has 0 aromatic heterocycles. The summed E-state index contributed by atoms with van der Waals surface area (Å²) in [6, 6.07) is 19.8. The number of carbonyl (C=O) groups excluding carboxylic acids is 2. The lowest BCUT2D eigenvalue weighted by atomic mass is 10.0. The second-order valence-corrected chi connectivity index (χ2v) is 7.09. The standard InChI is InChI=1S/C24H33N3O2/c1-3-27(4-2)22(18-20-12-7-5-8-13-20)19-26-23(28)16-11-17-25-24(29)21-14-9-6-10-15-21/h5-10,12-15,22H,3-4,11,16-19H2,1-2H3,(H,25,29)(H,26,28). The minimum atomic E-state index is -0.101. The number of amides is 2. The van der Waals surface area contributed by atoms with Crippen LogP contribution in [-0.4, -0.2) is 48.9 Å². The largest absolute Gasteiger partial charge is 0.355 e. The Labute approximate surface area is 174 Å². The quantitative estimate of drug-likeness (QED) is 0.542. The number of rotatable bonds is 12. The molecule has 1 atom stereocenters. The second kappa shape index (κ2) is 12.7. The number of hydrogen-bond donors (Lipinski definition) is 2. The highest BCUT2D eigenvalue weighted by Gasteiger charge is 2.17. The lowest BCUT2D eigenvalue weighted by molar-refractivity contribution is -0.121. The number of hydrogen-bond acceptors (Lipinski definition) is 3. The van der Waals surface area contributed by atoms with Crippen molar-refractivity contribution in [3.63, 3.8) is 0 Å². The molecule has 2 aromatic carbocycles. The van der Waals surface area contributed by atoms with Gasteiger partial charge in [0.25, 0.3) is 5.91 Å². The molecular weight excluding hydrogens is 362 g/mol. The topological polar surface area (TPSA) is 61.4 Å². The number of nitrogens with one attached hydrogen (secondary N) is 2. The number of nitrogens with zero attached hydrogens (tertiary/aromatic N) is 1. The molecule has 2 rings (SSSR count). The van der Waals surface area contributed by atoms with E-state index in [-0.39, 0.29) is 17.9 Å². The molecule has 0 bridgehead atoms. The fourth-order valence-corrected chi connectivity index (χ4v) is 3.42. The molecule has 0 heterocycles. The SMILES string of the molecule is CCN(CC)C(CNC(=O)CCCNC(=O)c1ccccc1)Cc1ccccc1. The van der Waals surface area contributed by atoms with Crippen LogP contribution in [0.2, 0.25) is 0 Å². The zero-order valence-electron chi connectivity index (χ0n) is 17.6. The van der Waals surface area contributed by atoms with Crippen molar-refractivity contribution in [2.75, 3.05) is 26.2 Å². The molecule has 2 N–H and O–H groups in total. The van der Waals surface area contributed by atoms with E-state index >= 15 is 0 Å². The van der Waals surface area contributed by atoms with Gasteiger partial charge in [-0.3, -0.25) is 14.5 Å². The summed E-state index contributed by atoms with van der Waals surface area (Å²) in [6.07, 6.45) is 1.94. The number of likely N-dealkylation sites (N-methyl/N-ethyl adjacent to an activating group) is 1. The van der Waals surface area contributed by atoms with E-state index < -0.39 is 0 Å². The molecule has 29 heavy (non-hydrogen) atoms. The summed E-state index contributed by atoms with van der Waals surface area (Å²) in [5.74, 6) is -0.0698. The molecule has 0 aliphatic carbocycles. The van der Waals surface area contributed by atoms with Gasteiger partial charge in [0, 0.05) is 31.1 Å². The van der Waals surface area contributed by atoms with Crippen molar-refractivity contribution in [3.05, 3.63) is 71.8 Å². The van der Waals surface area contributed by atoms with Gasteiger partial charge in [0.15, 0.2) is 0 Å². The lowest BCUT2D eigenvalue weighted by Gasteiger charge is -2.30. The van der Waals surface area contributed by atoms with Gasteiger partial charge in [0.2, 0.25) is 5.91 Å². The first-order valence-electron chi connectivity index (χ1n) is 10.5. The maximum Gasteiger partial charge on any atom is 0.251 e. The maximum atomic E-state index is 12.3. The van der Waals surface area contributed by atoms with Gasteiger partial charge in [-0.05, 0) is 43.6 Å². The second-order valence-electron chi connectivity index (χ2n) is 7.09. The Morgan fingerprint density at radius 3 is 2.14 bits per heavy atom. The summed E-state index contributed by atoms with van der Waals surface area (Å²) in [4.78, 5) is 26.7. The zero-order chi connectivity index (χ0) is 20.9. The normalized spacial score (nSPS) is 11.8. The van der Waals surface area contributed by atoms with E-state index in [0.717, 1.165) is 19.5 Å². The van der Waals surface area contributed by atoms with E-state index in [1.165, 1.54) is 5.56 Å². The van der Waals surface area contributed by atoms with Gasteiger partial charge < -0.3 is 10.6 Å². The van der Waals surface area contributed by atoms with E-state index in [4.69, 9.17) is 0 Å². The molecule has 5 nitrogen and oxygen atoms in total. The van der Waals surface area contributed by atoms with E-state index in [1.54, 1.807) is 12.1 Å². The van der Waals surface area contributed by atoms with Crippen LogP contribution in [0, 0.1) is 0 Å². The molecule has 0 aliphatic heterocycles. The van der Waals surface area contributed by atoms with Crippen LogP contribution in [0.5, 0.6) is 0 Å². The Hall–Kier alpha value is -2.66. The summed E-state index contributed by atoms with van der Waals surface area (Å²) in [5, 5.41) is 5.94. The van der Waals surface area contributed by atoms with Crippen LogP contribution < -0.4 is 10.6 Å². The number of carbonyl (C=O) groups is 2. The van der Waals surface area contributed by atoms with Crippen LogP contribution in [0.15, 0.2) is 60.7 Å². The Kier molecular flexibility index (Phi) is 9.93. The maximum absolute atomic E-state index is 12.3. The molecule has 2 amide bonds. The molecule has 5 heteroatoms. The summed E-state index contributed by atoms with van der Waals surface area (Å²) in [5.41, 5.74) is 1.92. The molecule has 0 fully saturated rings. The van der Waals surface area contributed by atoms with E-state index in [1.807, 2.05) is 24.3 Å². The van der Waals surface area contributed by atoms with E-state index in [2.05, 4.69) is 53.6 Å². The van der Waals surface area contributed by atoms with Gasteiger partial charge in [0.1, 0.15) is 0 Å². The van der Waals surface area contributed by atoms with Crippen LogP contribution in [0.25, 0.3) is 0 Å². The predicted molar refractivity (Wildman–Crippen MR) is 118 cm³/mol. The molecule has 0 saturated heterocycles. The molecular formula is C24H33N3O2. The van der Waals surface area contributed by atoms with Crippen molar-refractivity contribution in [3.8, 4) is 0 Å². The molecule has 2 aromatic rings. The van der Waals surface area contributed by atoms with Crippen molar-refractivity contribution >= 4 is 11.8 Å². The number of benzene rings is 2. The van der Waals surface area contributed by atoms with Crippen molar-refractivity contribution < 1.29 is 9.59 Å². The Morgan fingerprint density at radius 1 is 0.897 bits per heavy atom. The van der Waals surface area contributed by atoms with E-state index in [9.17, 15) is 9.59 Å². The van der Waals surface area contributed by atoms with Crippen molar-refractivity contribution in [1.29, 1.82) is 0 Å². The summed E-state index contributed by atoms with van der Waals surface area (Å²) < 4.78 is 0. The van der Waals surface area contributed by atoms with Crippen LogP contribution in [0.1, 0.15) is 42.6 Å².